The number of H-pyrrole nitrogens is 1. The van der Waals surface area contributed by atoms with Crippen LogP contribution in [0.2, 0.25) is 0 Å². The van der Waals surface area contributed by atoms with Crippen LogP contribution in [-0.4, -0.2) is 36.9 Å². The molecule has 0 fully saturated rings. The quantitative estimate of drug-likeness (QED) is 0.743. The van der Waals surface area contributed by atoms with E-state index in [0.717, 1.165) is 0 Å². The normalized spacial score (nSPS) is 13.4. The van der Waals surface area contributed by atoms with Crippen molar-refractivity contribution in [2.45, 2.75) is 26.6 Å². The van der Waals surface area contributed by atoms with Crippen LogP contribution in [0.3, 0.4) is 0 Å². The summed E-state index contributed by atoms with van der Waals surface area (Å²) >= 11 is 0. The van der Waals surface area contributed by atoms with E-state index in [-0.39, 0.29) is 37.0 Å². The minimum absolute atomic E-state index is 0.0992. The summed E-state index contributed by atoms with van der Waals surface area (Å²) in [5.74, 6) is 0.553. The predicted molar refractivity (Wildman–Crippen MR) is 94.2 cm³/mol. The van der Waals surface area contributed by atoms with Gasteiger partial charge in [0.25, 0.3) is 5.56 Å². The Bertz CT molecular complexity index is 1100. The number of ether oxygens (including phenoxy) is 1. The Morgan fingerprint density at radius 3 is 2.96 bits per heavy atom. The summed E-state index contributed by atoms with van der Waals surface area (Å²) in [4.78, 5) is 37.8. The van der Waals surface area contributed by atoms with Crippen LogP contribution < -0.4 is 5.56 Å². The van der Waals surface area contributed by atoms with E-state index < -0.39 is 0 Å². The largest absolute Gasteiger partial charge is 0.364 e. The van der Waals surface area contributed by atoms with Crippen molar-refractivity contribution in [2.24, 2.45) is 7.05 Å². The summed E-state index contributed by atoms with van der Waals surface area (Å²) in [7, 11) is 1.66. The molecule has 3 aromatic rings. The molecule has 1 N–H and O–H groups in total. The Kier molecular flexibility index (Phi) is 4.23. The number of imidazole rings is 1. The standard InChI is InChI=1S/C18H18FN5O3/c1-10-20-15-7-24(6-12(15)18(26)23(10)2)17(25)9-27-8-16-21-13-4-3-11(19)5-14(13)22-16/h3-5H,6-9H2,1-2H3,(H,21,22). The number of aromatic nitrogens is 4. The molecule has 0 bridgehead atoms. The predicted octanol–water partition coefficient (Wildman–Crippen LogP) is 1.16. The third kappa shape index (κ3) is 3.21. The van der Waals surface area contributed by atoms with Crippen molar-refractivity contribution in [1.29, 1.82) is 0 Å². The Labute approximate surface area is 153 Å². The van der Waals surface area contributed by atoms with E-state index in [2.05, 4.69) is 15.0 Å². The first kappa shape index (κ1) is 17.3. The highest BCUT2D eigenvalue weighted by Gasteiger charge is 2.28. The van der Waals surface area contributed by atoms with Crippen LogP contribution in [0.4, 0.5) is 4.39 Å². The van der Waals surface area contributed by atoms with Gasteiger partial charge < -0.3 is 14.6 Å². The number of rotatable bonds is 4. The molecular formula is C18H18FN5O3. The lowest BCUT2D eigenvalue weighted by atomic mass is 10.2. The van der Waals surface area contributed by atoms with Gasteiger partial charge in [0.1, 0.15) is 30.7 Å². The first-order valence-corrected chi connectivity index (χ1v) is 8.47. The molecule has 2 aromatic heterocycles. The first-order valence-electron chi connectivity index (χ1n) is 8.47. The molecule has 0 saturated carbocycles. The maximum atomic E-state index is 13.2. The zero-order valence-corrected chi connectivity index (χ0v) is 15.0. The van der Waals surface area contributed by atoms with Gasteiger partial charge in [-0.15, -0.1) is 0 Å². The first-order chi connectivity index (χ1) is 12.9. The summed E-state index contributed by atoms with van der Waals surface area (Å²) in [5, 5.41) is 0. The summed E-state index contributed by atoms with van der Waals surface area (Å²) in [5.41, 5.74) is 2.28. The molecule has 1 aromatic carbocycles. The third-order valence-corrected chi connectivity index (χ3v) is 4.69. The minimum atomic E-state index is -0.350. The molecule has 4 rings (SSSR count). The van der Waals surface area contributed by atoms with E-state index in [1.807, 2.05) is 0 Å². The highest BCUT2D eigenvalue weighted by atomic mass is 19.1. The number of hydrogen-bond donors (Lipinski definition) is 1. The summed E-state index contributed by atoms with van der Waals surface area (Å²) < 4.78 is 20.1. The number of halogens is 1. The van der Waals surface area contributed by atoms with Crippen LogP contribution in [0.15, 0.2) is 23.0 Å². The van der Waals surface area contributed by atoms with Gasteiger partial charge in [0.2, 0.25) is 5.91 Å². The lowest BCUT2D eigenvalue weighted by Gasteiger charge is -2.14. The van der Waals surface area contributed by atoms with Gasteiger partial charge in [0.15, 0.2) is 0 Å². The summed E-state index contributed by atoms with van der Waals surface area (Å²) in [6.45, 7) is 2.26. The van der Waals surface area contributed by atoms with Crippen LogP contribution in [0.5, 0.6) is 0 Å². The van der Waals surface area contributed by atoms with Crippen molar-refractivity contribution in [1.82, 2.24) is 24.4 Å². The molecule has 9 heteroatoms. The Morgan fingerprint density at radius 2 is 2.15 bits per heavy atom. The van der Waals surface area contributed by atoms with Crippen LogP contribution in [-0.2, 0) is 36.3 Å². The van der Waals surface area contributed by atoms with Gasteiger partial charge >= 0.3 is 0 Å². The van der Waals surface area contributed by atoms with E-state index >= 15 is 0 Å². The maximum absolute atomic E-state index is 13.2. The monoisotopic (exact) mass is 371 g/mol. The molecule has 0 aliphatic carbocycles. The second-order valence-corrected chi connectivity index (χ2v) is 6.54. The molecule has 0 radical (unpaired) electrons. The fraction of sp³-hybridized carbons (Fsp3) is 0.333. The second kappa shape index (κ2) is 6.58. The SMILES string of the molecule is Cc1nc2c(c(=O)n1C)CN(C(=O)COCc1nc3ccc(F)cc3[nH]1)C2. The Morgan fingerprint density at radius 1 is 1.33 bits per heavy atom. The van der Waals surface area contributed by atoms with Gasteiger partial charge in [-0.3, -0.25) is 14.2 Å². The van der Waals surface area contributed by atoms with Crippen LogP contribution >= 0.6 is 0 Å². The number of benzene rings is 1. The Balaban J connectivity index is 1.37. The molecule has 0 saturated heterocycles. The molecule has 0 unspecified atom stereocenters. The van der Waals surface area contributed by atoms with Crippen LogP contribution in [0.25, 0.3) is 11.0 Å². The molecule has 27 heavy (non-hydrogen) atoms. The summed E-state index contributed by atoms with van der Waals surface area (Å²) in [6.07, 6.45) is 0. The molecule has 1 aliphatic rings. The van der Waals surface area contributed by atoms with Crippen molar-refractivity contribution < 1.29 is 13.9 Å². The van der Waals surface area contributed by atoms with Gasteiger partial charge in [-0.25, -0.2) is 14.4 Å². The van der Waals surface area contributed by atoms with Crippen molar-refractivity contribution in [3.8, 4) is 0 Å². The fourth-order valence-corrected chi connectivity index (χ4v) is 3.13. The van der Waals surface area contributed by atoms with E-state index in [1.165, 1.54) is 16.7 Å². The summed E-state index contributed by atoms with van der Waals surface area (Å²) in [6, 6.07) is 4.27. The molecule has 140 valence electrons. The average molecular weight is 371 g/mol. The molecule has 0 atom stereocenters. The highest BCUT2D eigenvalue weighted by Crippen LogP contribution is 2.18. The van der Waals surface area contributed by atoms with Crippen molar-refractivity contribution in [3.05, 3.63) is 57.3 Å². The zero-order valence-electron chi connectivity index (χ0n) is 15.0. The van der Waals surface area contributed by atoms with E-state index in [4.69, 9.17) is 4.74 Å². The lowest BCUT2D eigenvalue weighted by Crippen LogP contribution is -2.30. The number of hydrogen-bond acceptors (Lipinski definition) is 5. The number of fused-ring (bicyclic) bond motifs is 2. The number of aryl methyl sites for hydroxylation is 1. The van der Waals surface area contributed by atoms with Crippen LogP contribution in [0.1, 0.15) is 22.9 Å². The number of carbonyl (C=O) groups is 1. The van der Waals surface area contributed by atoms with Crippen molar-refractivity contribution >= 4 is 16.9 Å². The van der Waals surface area contributed by atoms with E-state index in [1.54, 1.807) is 24.9 Å². The van der Waals surface area contributed by atoms with E-state index in [9.17, 15) is 14.0 Å². The topological polar surface area (TPSA) is 93.1 Å². The highest BCUT2D eigenvalue weighted by molar-refractivity contribution is 5.78. The van der Waals surface area contributed by atoms with Crippen molar-refractivity contribution in [3.63, 3.8) is 0 Å². The van der Waals surface area contributed by atoms with Crippen LogP contribution in [0, 0.1) is 12.7 Å². The van der Waals surface area contributed by atoms with Gasteiger partial charge in [-0.05, 0) is 25.1 Å². The third-order valence-electron chi connectivity index (χ3n) is 4.69. The lowest BCUT2D eigenvalue weighted by molar-refractivity contribution is -0.137. The molecular weight excluding hydrogens is 353 g/mol. The minimum Gasteiger partial charge on any atom is -0.364 e. The maximum Gasteiger partial charge on any atom is 0.258 e. The second-order valence-electron chi connectivity index (χ2n) is 6.54. The van der Waals surface area contributed by atoms with Gasteiger partial charge in [0, 0.05) is 7.05 Å². The fourth-order valence-electron chi connectivity index (χ4n) is 3.13. The number of nitrogens with one attached hydrogen (secondary N) is 1. The number of nitrogens with zero attached hydrogens (tertiary/aromatic N) is 4. The Hall–Kier alpha value is -3.07. The molecule has 0 spiro atoms. The molecule has 1 amide bonds. The molecule has 1 aliphatic heterocycles. The zero-order chi connectivity index (χ0) is 19.1. The molecule has 8 nitrogen and oxygen atoms in total. The number of amides is 1. The van der Waals surface area contributed by atoms with Gasteiger partial charge in [-0.2, -0.15) is 0 Å². The molecule has 3 heterocycles. The van der Waals surface area contributed by atoms with Crippen molar-refractivity contribution in [2.75, 3.05) is 6.61 Å². The number of carbonyl (C=O) groups excluding carboxylic acids is 1. The van der Waals surface area contributed by atoms with Gasteiger partial charge in [0.05, 0.1) is 35.4 Å². The average Bonchev–Trinajstić information content (AvgIpc) is 3.23. The van der Waals surface area contributed by atoms with Gasteiger partial charge in [-0.1, -0.05) is 0 Å². The van der Waals surface area contributed by atoms with E-state index in [0.29, 0.717) is 40.5 Å². The smallest absolute Gasteiger partial charge is 0.258 e. The number of aromatic amines is 1.